The van der Waals surface area contributed by atoms with Gasteiger partial charge in [-0.05, 0) is 25.7 Å². The van der Waals surface area contributed by atoms with Gasteiger partial charge in [0.15, 0.2) is 0 Å². The van der Waals surface area contributed by atoms with Gasteiger partial charge in [0.05, 0.1) is 11.7 Å². The van der Waals surface area contributed by atoms with Gasteiger partial charge in [-0.2, -0.15) is 0 Å². The van der Waals surface area contributed by atoms with Gasteiger partial charge in [-0.1, -0.05) is 13.3 Å². The largest absolute Gasteiger partial charge is 0.389 e. The van der Waals surface area contributed by atoms with E-state index < -0.39 is 0 Å². The number of rotatable bonds is 2. The molecule has 4 unspecified atom stereocenters. The summed E-state index contributed by atoms with van der Waals surface area (Å²) in [6.07, 6.45) is 3.43. The van der Waals surface area contributed by atoms with E-state index in [0.29, 0.717) is 11.8 Å². The molecule has 1 heterocycles. The van der Waals surface area contributed by atoms with Crippen LogP contribution in [0.2, 0.25) is 0 Å². The fraction of sp³-hybridized carbons (Fsp3) is 1.00. The van der Waals surface area contributed by atoms with Crippen molar-refractivity contribution >= 4 is 0 Å². The van der Waals surface area contributed by atoms with Crippen molar-refractivity contribution in [3.8, 4) is 0 Å². The monoisotopic (exact) mass is 170 g/mol. The predicted molar refractivity (Wildman–Crippen MR) is 46.9 cm³/mol. The summed E-state index contributed by atoms with van der Waals surface area (Å²) in [6, 6.07) is 0. The summed E-state index contributed by atoms with van der Waals surface area (Å²) in [4.78, 5) is 0. The third-order valence-corrected chi connectivity index (χ3v) is 3.63. The van der Waals surface area contributed by atoms with Gasteiger partial charge in [0.1, 0.15) is 0 Å². The SMILES string of the molecule is CCC1CC1(O)C1CCOC1C. The van der Waals surface area contributed by atoms with E-state index in [4.69, 9.17) is 4.74 Å². The molecule has 2 aliphatic rings. The van der Waals surface area contributed by atoms with Crippen LogP contribution in [-0.4, -0.2) is 23.4 Å². The summed E-state index contributed by atoms with van der Waals surface area (Å²) in [5.41, 5.74) is -0.356. The van der Waals surface area contributed by atoms with Crippen molar-refractivity contribution in [1.82, 2.24) is 0 Å². The van der Waals surface area contributed by atoms with Crippen LogP contribution in [0.4, 0.5) is 0 Å². The highest BCUT2D eigenvalue weighted by molar-refractivity contribution is 5.09. The molecular formula is C10H18O2. The van der Waals surface area contributed by atoms with E-state index in [9.17, 15) is 5.11 Å². The lowest BCUT2D eigenvalue weighted by Gasteiger charge is -2.21. The third kappa shape index (κ3) is 1.09. The van der Waals surface area contributed by atoms with E-state index >= 15 is 0 Å². The summed E-state index contributed by atoms with van der Waals surface area (Å²) < 4.78 is 5.46. The maximum absolute atomic E-state index is 10.2. The molecule has 1 aliphatic carbocycles. The van der Waals surface area contributed by atoms with Gasteiger partial charge in [0.2, 0.25) is 0 Å². The number of ether oxygens (including phenoxy) is 1. The Bertz CT molecular complexity index is 181. The fourth-order valence-corrected chi connectivity index (χ4v) is 2.68. The van der Waals surface area contributed by atoms with Crippen molar-refractivity contribution in [1.29, 1.82) is 0 Å². The van der Waals surface area contributed by atoms with Gasteiger partial charge < -0.3 is 9.84 Å². The zero-order valence-electron chi connectivity index (χ0n) is 7.92. The zero-order valence-corrected chi connectivity index (χ0v) is 7.92. The van der Waals surface area contributed by atoms with Gasteiger partial charge in [0, 0.05) is 12.5 Å². The lowest BCUT2D eigenvalue weighted by atomic mass is 9.91. The van der Waals surface area contributed by atoms with E-state index in [1.807, 2.05) is 0 Å². The van der Waals surface area contributed by atoms with Crippen molar-refractivity contribution in [2.24, 2.45) is 11.8 Å². The first-order valence-corrected chi connectivity index (χ1v) is 5.02. The molecule has 1 N–H and O–H groups in total. The van der Waals surface area contributed by atoms with Crippen LogP contribution in [0, 0.1) is 11.8 Å². The van der Waals surface area contributed by atoms with Crippen LogP contribution in [0.1, 0.15) is 33.1 Å². The van der Waals surface area contributed by atoms with Gasteiger partial charge >= 0.3 is 0 Å². The lowest BCUT2D eigenvalue weighted by Crippen LogP contribution is -2.29. The van der Waals surface area contributed by atoms with Crippen LogP contribution in [0.15, 0.2) is 0 Å². The molecule has 12 heavy (non-hydrogen) atoms. The maximum atomic E-state index is 10.2. The quantitative estimate of drug-likeness (QED) is 0.681. The minimum absolute atomic E-state index is 0.270. The summed E-state index contributed by atoms with van der Waals surface area (Å²) in [5, 5.41) is 10.2. The average Bonchev–Trinajstić information content (AvgIpc) is 2.50. The van der Waals surface area contributed by atoms with Crippen LogP contribution in [0.3, 0.4) is 0 Å². The molecule has 1 saturated carbocycles. The Morgan fingerprint density at radius 1 is 1.58 bits per heavy atom. The molecule has 0 aromatic rings. The molecule has 0 aromatic heterocycles. The molecule has 2 heteroatoms. The molecule has 0 spiro atoms. The Kier molecular flexibility index (Phi) is 1.92. The molecule has 1 aliphatic heterocycles. The van der Waals surface area contributed by atoms with Crippen molar-refractivity contribution in [2.75, 3.05) is 6.61 Å². The zero-order chi connectivity index (χ0) is 8.77. The minimum Gasteiger partial charge on any atom is -0.389 e. The molecule has 0 bridgehead atoms. The standard InChI is InChI=1S/C10H18O2/c1-3-8-6-10(8,11)9-4-5-12-7(9)2/h7-9,11H,3-6H2,1-2H3. The van der Waals surface area contributed by atoms with E-state index in [1.54, 1.807) is 0 Å². The molecule has 70 valence electrons. The Morgan fingerprint density at radius 2 is 2.33 bits per heavy atom. The molecular weight excluding hydrogens is 152 g/mol. The van der Waals surface area contributed by atoms with Crippen LogP contribution in [0.5, 0.6) is 0 Å². The van der Waals surface area contributed by atoms with Crippen molar-refractivity contribution in [3.63, 3.8) is 0 Å². The number of aliphatic hydroxyl groups is 1. The highest BCUT2D eigenvalue weighted by Crippen LogP contribution is 2.54. The van der Waals surface area contributed by atoms with Crippen LogP contribution >= 0.6 is 0 Å². The summed E-state index contributed by atoms with van der Waals surface area (Å²) >= 11 is 0. The van der Waals surface area contributed by atoms with E-state index in [1.165, 1.54) is 0 Å². The van der Waals surface area contributed by atoms with Crippen molar-refractivity contribution in [2.45, 2.75) is 44.8 Å². The van der Waals surface area contributed by atoms with Gasteiger partial charge in [-0.25, -0.2) is 0 Å². The first-order valence-electron chi connectivity index (χ1n) is 5.02. The smallest absolute Gasteiger partial charge is 0.0733 e. The van der Waals surface area contributed by atoms with Crippen LogP contribution in [-0.2, 0) is 4.74 Å². The first kappa shape index (κ1) is 8.52. The topological polar surface area (TPSA) is 29.5 Å². The average molecular weight is 170 g/mol. The van der Waals surface area contributed by atoms with E-state index in [0.717, 1.165) is 25.9 Å². The Balaban J connectivity index is 2.01. The lowest BCUT2D eigenvalue weighted by molar-refractivity contribution is 0.0174. The molecule has 0 amide bonds. The molecule has 2 fully saturated rings. The van der Waals surface area contributed by atoms with Crippen LogP contribution in [0.25, 0.3) is 0 Å². The summed E-state index contributed by atoms with van der Waals surface area (Å²) in [5.74, 6) is 0.953. The maximum Gasteiger partial charge on any atom is 0.0733 e. The third-order valence-electron chi connectivity index (χ3n) is 3.63. The highest BCUT2D eigenvalue weighted by Gasteiger charge is 2.59. The van der Waals surface area contributed by atoms with Gasteiger partial charge in [-0.3, -0.25) is 0 Å². The van der Waals surface area contributed by atoms with E-state index in [2.05, 4.69) is 13.8 Å². The summed E-state index contributed by atoms with van der Waals surface area (Å²) in [6.45, 7) is 5.08. The minimum atomic E-state index is -0.356. The number of hydrogen-bond acceptors (Lipinski definition) is 2. The molecule has 1 saturated heterocycles. The Labute approximate surface area is 73.9 Å². The van der Waals surface area contributed by atoms with Crippen LogP contribution < -0.4 is 0 Å². The van der Waals surface area contributed by atoms with E-state index in [-0.39, 0.29) is 11.7 Å². The Hall–Kier alpha value is -0.0800. The van der Waals surface area contributed by atoms with Gasteiger partial charge in [0.25, 0.3) is 0 Å². The summed E-state index contributed by atoms with van der Waals surface area (Å²) in [7, 11) is 0. The second kappa shape index (κ2) is 2.71. The molecule has 2 rings (SSSR count). The fourth-order valence-electron chi connectivity index (χ4n) is 2.68. The predicted octanol–water partition coefficient (Wildman–Crippen LogP) is 1.57. The van der Waals surface area contributed by atoms with Crippen molar-refractivity contribution in [3.05, 3.63) is 0 Å². The molecule has 0 aromatic carbocycles. The number of hydrogen-bond donors (Lipinski definition) is 1. The van der Waals surface area contributed by atoms with Gasteiger partial charge in [-0.15, -0.1) is 0 Å². The molecule has 2 nitrogen and oxygen atoms in total. The normalized spacial score (nSPS) is 52.8. The molecule has 4 atom stereocenters. The second-order valence-corrected chi connectivity index (χ2v) is 4.27. The van der Waals surface area contributed by atoms with Crippen molar-refractivity contribution < 1.29 is 9.84 Å². The Morgan fingerprint density at radius 3 is 2.75 bits per heavy atom. The molecule has 0 radical (unpaired) electrons. The first-order chi connectivity index (χ1) is 5.68. The highest BCUT2D eigenvalue weighted by atomic mass is 16.5. The second-order valence-electron chi connectivity index (χ2n) is 4.27.